The van der Waals surface area contributed by atoms with Crippen molar-refractivity contribution in [1.82, 2.24) is 4.90 Å². The second-order valence-electron chi connectivity index (χ2n) is 4.86. The maximum Gasteiger partial charge on any atom is 0.334 e. The van der Waals surface area contributed by atoms with Crippen molar-refractivity contribution in [2.75, 3.05) is 26.0 Å². The fourth-order valence-corrected chi connectivity index (χ4v) is 2.90. The number of rotatable bonds is 3. The van der Waals surface area contributed by atoms with Gasteiger partial charge in [-0.05, 0) is 18.2 Å². The molecule has 1 heterocycles. The fourth-order valence-electron chi connectivity index (χ4n) is 2.05. The van der Waals surface area contributed by atoms with Crippen LogP contribution in [0.4, 0.5) is 0 Å². The van der Waals surface area contributed by atoms with Crippen molar-refractivity contribution in [2.45, 2.75) is 11.0 Å². The summed E-state index contributed by atoms with van der Waals surface area (Å²) >= 11 is 5.97. The number of hydrogen-bond donors (Lipinski definition) is 1. The molecule has 0 bridgehead atoms. The van der Waals surface area contributed by atoms with Crippen LogP contribution in [-0.4, -0.2) is 62.4 Å². The lowest BCUT2D eigenvalue weighted by molar-refractivity contribution is -0.154. The van der Waals surface area contributed by atoms with Gasteiger partial charge in [-0.25, -0.2) is 13.2 Å². The molecule has 0 saturated carbocycles. The highest BCUT2D eigenvalue weighted by molar-refractivity contribution is 7.90. The molecule has 1 aromatic carbocycles. The number of nitrogens with zero attached hydrogens (tertiary/aromatic N) is 1. The summed E-state index contributed by atoms with van der Waals surface area (Å²) in [4.78, 5) is 24.7. The number of carboxylic acid groups (broad SMARTS) is 1. The third kappa shape index (κ3) is 3.57. The zero-order valence-corrected chi connectivity index (χ0v) is 13.2. The number of aliphatic carboxylic acids is 1. The van der Waals surface area contributed by atoms with E-state index in [1.54, 1.807) is 0 Å². The van der Waals surface area contributed by atoms with E-state index in [9.17, 15) is 18.0 Å². The number of sulfone groups is 1. The number of carbonyl (C=O) groups excluding carboxylic acids is 1. The second-order valence-corrected chi connectivity index (χ2v) is 7.29. The summed E-state index contributed by atoms with van der Waals surface area (Å²) in [6, 6.07) is 3.85. The van der Waals surface area contributed by atoms with E-state index >= 15 is 0 Å². The molecular weight excluding hydrogens is 334 g/mol. The standard InChI is InChI=1S/C13H14ClNO6S/c1-22(19,20)8-2-3-10(14)9(6-8)12(16)15-4-5-21-11(7-15)13(17)18/h2-3,6,11H,4-5,7H2,1H3,(H,17,18)/t11-/m0/s1. The van der Waals surface area contributed by atoms with Gasteiger partial charge < -0.3 is 14.7 Å². The molecule has 0 radical (unpaired) electrons. The van der Waals surface area contributed by atoms with Crippen LogP contribution in [0.25, 0.3) is 0 Å². The molecule has 1 aliphatic heterocycles. The minimum Gasteiger partial charge on any atom is -0.479 e. The molecule has 22 heavy (non-hydrogen) atoms. The van der Waals surface area contributed by atoms with E-state index in [-0.39, 0.29) is 35.2 Å². The first-order valence-electron chi connectivity index (χ1n) is 6.33. The van der Waals surface area contributed by atoms with Gasteiger partial charge in [0.15, 0.2) is 15.9 Å². The number of benzene rings is 1. The highest BCUT2D eigenvalue weighted by Crippen LogP contribution is 2.23. The van der Waals surface area contributed by atoms with Gasteiger partial charge in [-0.1, -0.05) is 11.6 Å². The molecular formula is C13H14ClNO6S. The van der Waals surface area contributed by atoms with E-state index < -0.39 is 27.8 Å². The molecule has 0 spiro atoms. The van der Waals surface area contributed by atoms with E-state index in [0.717, 1.165) is 6.26 Å². The zero-order valence-electron chi connectivity index (χ0n) is 11.7. The average Bonchev–Trinajstić information content (AvgIpc) is 2.46. The summed E-state index contributed by atoms with van der Waals surface area (Å²) in [6.45, 7) is 0.182. The lowest BCUT2D eigenvalue weighted by atomic mass is 10.1. The van der Waals surface area contributed by atoms with Gasteiger partial charge >= 0.3 is 5.97 Å². The molecule has 7 nitrogen and oxygen atoms in total. The van der Waals surface area contributed by atoms with Crippen molar-refractivity contribution in [3.05, 3.63) is 28.8 Å². The van der Waals surface area contributed by atoms with Gasteiger partial charge in [0.2, 0.25) is 0 Å². The molecule has 9 heteroatoms. The third-order valence-corrected chi connectivity index (χ3v) is 4.67. The van der Waals surface area contributed by atoms with Gasteiger partial charge in [0.05, 0.1) is 28.6 Å². The molecule has 0 aromatic heterocycles. The highest BCUT2D eigenvalue weighted by Gasteiger charge is 2.30. The summed E-state index contributed by atoms with van der Waals surface area (Å²) in [5.41, 5.74) is 0.0237. The fraction of sp³-hybridized carbons (Fsp3) is 0.385. The Labute approximate surface area is 132 Å². The van der Waals surface area contributed by atoms with E-state index in [1.165, 1.54) is 23.1 Å². The molecule has 0 aliphatic carbocycles. The first-order valence-corrected chi connectivity index (χ1v) is 8.60. The van der Waals surface area contributed by atoms with Crippen LogP contribution in [0.5, 0.6) is 0 Å². The van der Waals surface area contributed by atoms with E-state index in [2.05, 4.69) is 0 Å². The maximum atomic E-state index is 12.5. The third-order valence-electron chi connectivity index (χ3n) is 3.23. The summed E-state index contributed by atoms with van der Waals surface area (Å²) in [6.07, 6.45) is -0.0748. The molecule has 120 valence electrons. The SMILES string of the molecule is CS(=O)(=O)c1ccc(Cl)c(C(=O)N2CCO[C@H](C(=O)O)C2)c1. The number of hydrogen-bond acceptors (Lipinski definition) is 5. The molecule has 2 rings (SSSR count). The molecule has 1 fully saturated rings. The molecule has 1 aliphatic rings. The second kappa shape index (κ2) is 6.23. The van der Waals surface area contributed by atoms with E-state index in [0.29, 0.717) is 0 Å². The van der Waals surface area contributed by atoms with Crippen molar-refractivity contribution >= 4 is 33.3 Å². The quantitative estimate of drug-likeness (QED) is 0.862. The Morgan fingerprint density at radius 2 is 2.09 bits per heavy atom. The van der Waals surface area contributed by atoms with Crippen molar-refractivity contribution in [1.29, 1.82) is 0 Å². The number of carbonyl (C=O) groups is 2. The number of morpholine rings is 1. The predicted octanol–water partition coefficient (Wildman–Crippen LogP) is 0.669. The van der Waals surface area contributed by atoms with Crippen LogP contribution in [0, 0.1) is 0 Å². The lowest BCUT2D eigenvalue weighted by Gasteiger charge is -2.31. The molecule has 1 N–H and O–H groups in total. The summed E-state index contributed by atoms with van der Waals surface area (Å²) in [5.74, 6) is -1.68. The number of halogens is 1. The average molecular weight is 348 g/mol. The predicted molar refractivity (Wildman–Crippen MR) is 77.8 cm³/mol. The Morgan fingerprint density at radius 1 is 1.41 bits per heavy atom. The van der Waals surface area contributed by atoms with Crippen molar-refractivity contribution in [3.63, 3.8) is 0 Å². The zero-order chi connectivity index (χ0) is 16.5. The first kappa shape index (κ1) is 16.7. The van der Waals surface area contributed by atoms with Crippen LogP contribution < -0.4 is 0 Å². The lowest BCUT2D eigenvalue weighted by Crippen LogP contribution is -2.48. The number of carboxylic acids is 1. The van der Waals surface area contributed by atoms with Gasteiger partial charge in [-0.15, -0.1) is 0 Å². The first-order chi connectivity index (χ1) is 10.2. The van der Waals surface area contributed by atoms with Gasteiger partial charge in [0.25, 0.3) is 5.91 Å². The van der Waals surface area contributed by atoms with Crippen LogP contribution in [0.2, 0.25) is 5.02 Å². The topological polar surface area (TPSA) is 101 Å². The van der Waals surface area contributed by atoms with Crippen LogP contribution in [-0.2, 0) is 19.4 Å². The van der Waals surface area contributed by atoms with E-state index in [1.807, 2.05) is 0 Å². The number of ether oxygens (including phenoxy) is 1. The number of amides is 1. The van der Waals surface area contributed by atoms with Crippen molar-refractivity contribution in [2.24, 2.45) is 0 Å². The van der Waals surface area contributed by atoms with Crippen molar-refractivity contribution in [3.8, 4) is 0 Å². The highest BCUT2D eigenvalue weighted by atomic mass is 35.5. The molecule has 1 atom stereocenters. The van der Waals surface area contributed by atoms with Crippen molar-refractivity contribution < 1.29 is 27.9 Å². The Bertz CT molecular complexity index is 717. The monoisotopic (exact) mass is 347 g/mol. The van der Waals surface area contributed by atoms with E-state index in [4.69, 9.17) is 21.4 Å². The molecule has 1 aromatic rings. The minimum atomic E-state index is -3.48. The Kier molecular flexibility index (Phi) is 4.74. The summed E-state index contributed by atoms with van der Waals surface area (Å²) < 4.78 is 28.2. The minimum absolute atomic E-state index is 0.0237. The van der Waals surface area contributed by atoms with Gasteiger partial charge in [-0.3, -0.25) is 4.79 Å². The Balaban J connectivity index is 2.31. The van der Waals surface area contributed by atoms with Gasteiger partial charge in [0.1, 0.15) is 0 Å². The van der Waals surface area contributed by atoms with Gasteiger partial charge in [0, 0.05) is 12.8 Å². The Morgan fingerprint density at radius 3 is 2.68 bits per heavy atom. The van der Waals surface area contributed by atoms with Crippen LogP contribution in [0.15, 0.2) is 23.1 Å². The normalized spacial score (nSPS) is 19.0. The van der Waals surface area contributed by atoms with Crippen LogP contribution in [0.1, 0.15) is 10.4 Å². The summed E-state index contributed by atoms with van der Waals surface area (Å²) in [5, 5.41) is 9.05. The van der Waals surface area contributed by atoms with Crippen LogP contribution >= 0.6 is 11.6 Å². The molecule has 1 saturated heterocycles. The Hall–Kier alpha value is -1.64. The maximum absolute atomic E-state index is 12.5. The van der Waals surface area contributed by atoms with Crippen LogP contribution in [0.3, 0.4) is 0 Å². The molecule has 1 amide bonds. The van der Waals surface area contributed by atoms with Gasteiger partial charge in [-0.2, -0.15) is 0 Å². The summed E-state index contributed by atoms with van der Waals surface area (Å²) in [7, 11) is -3.48. The molecule has 0 unspecified atom stereocenters. The smallest absolute Gasteiger partial charge is 0.334 e. The largest absolute Gasteiger partial charge is 0.479 e.